The maximum atomic E-state index is 4.66. The van der Waals surface area contributed by atoms with Crippen molar-refractivity contribution in [2.24, 2.45) is 30.2 Å². The number of imidazole rings is 1. The molecule has 20 heavy (non-hydrogen) atoms. The summed E-state index contributed by atoms with van der Waals surface area (Å²) in [4.78, 5) is 4.66. The smallest absolute Gasteiger partial charge is 0.0949 e. The third kappa shape index (κ3) is 1.47. The minimum atomic E-state index is 0.553. The zero-order valence-corrected chi connectivity index (χ0v) is 12.4. The average Bonchev–Trinajstić information content (AvgIpc) is 2.79. The van der Waals surface area contributed by atoms with E-state index in [0.29, 0.717) is 11.5 Å². The van der Waals surface area contributed by atoms with Crippen LogP contribution in [-0.4, -0.2) is 16.1 Å². The Hall–Kier alpha value is -0.830. The lowest BCUT2D eigenvalue weighted by Crippen LogP contribution is -2.53. The summed E-state index contributed by atoms with van der Waals surface area (Å²) in [5, 5.41) is 3.90. The highest BCUT2D eigenvalue weighted by molar-refractivity contribution is 5.25. The fourth-order valence-electron chi connectivity index (χ4n) is 6.52. The first-order valence-electron chi connectivity index (χ1n) is 8.47. The first kappa shape index (κ1) is 11.8. The largest absolute Gasteiger partial charge is 0.336 e. The topological polar surface area (TPSA) is 29.9 Å². The summed E-state index contributed by atoms with van der Waals surface area (Å²) in [6.45, 7) is 1.12. The summed E-state index contributed by atoms with van der Waals surface area (Å²) in [6.07, 6.45) is 12.2. The van der Waals surface area contributed by atoms with Gasteiger partial charge in [-0.05, 0) is 61.7 Å². The van der Waals surface area contributed by atoms with Gasteiger partial charge in [-0.15, -0.1) is 0 Å². The van der Waals surface area contributed by atoms with Crippen molar-refractivity contribution in [3.63, 3.8) is 0 Å². The van der Waals surface area contributed by atoms with Crippen molar-refractivity contribution < 1.29 is 0 Å². The van der Waals surface area contributed by atoms with E-state index in [1.165, 1.54) is 49.9 Å². The summed E-state index contributed by atoms with van der Waals surface area (Å²) in [6, 6.07) is 0.576. The highest BCUT2D eigenvalue weighted by atomic mass is 15.1. The maximum Gasteiger partial charge on any atom is 0.0949 e. The first-order valence-corrected chi connectivity index (χ1v) is 8.47. The van der Waals surface area contributed by atoms with Gasteiger partial charge in [0.25, 0.3) is 0 Å². The quantitative estimate of drug-likeness (QED) is 0.851. The summed E-state index contributed by atoms with van der Waals surface area (Å²) < 4.78 is 2.30. The van der Waals surface area contributed by atoms with Crippen LogP contribution in [0.3, 0.4) is 0 Å². The van der Waals surface area contributed by atoms with Crippen molar-refractivity contribution in [2.75, 3.05) is 6.54 Å². The predicted octanol–water partition coefficient (Wildman–Crippen LogP) is 2.82. The lowest BCUT2D eigenvalue weighted by molar-refractivity contribution is -0.0772. The molecule has 0 amide bonds. The van der Waals surface area contributed by atoms with E-state index in [0.717, 1.165) is 30.7 Å². The number of hydrogen-bond acceptors (Lipinski definition) is 2. The van der Waals surface area contributed by atoms with Gasteiger partial charge >= 0.3 is 0 Å². The van der Waals surface area contributed by atoms with Crippen LogP contribution in [0.4, 0.5) is 0 Å². The molecule has 0 spiro atoms. The van der Waals surface area contributed by atoms with Gasteiger partial charge in [-0.3, -0.25) is 0 Å². The van der Waals surface area contributed by atoms with Gasteiger partial charge in [0.2, 0.25) is 0 Å². The fourth-order valence-corrected chi connectivity index (χ4v) is 6.52. The van der Waals surface area contributed by atoms with Gasteiger partial charge in [-0.2, -0.15) is 0 Å². The summed E-state index contributed by atoms with van der Waals surface area (Å²) in [5.41, 5.74) is 3.43. The predicted molar refractivity (Wildman–Crippen MR) is 78.3 cm³/mol. The molecule has 1 aliphatic heterocycles. The van der Waals surface area contributed by atoms with Crippen LogP contribution in [0.25, 0.3) is 0 Å². The second-order valence-corrected chi connectivity index (χ2v) is 8.10. The van der Waals surface area contributed by atoms with Crippen molar-refractivity contribution in [2.45, 2.75) is 51.0 Å². The molecule has 4 bridgehead atoms. The van der Waals surface area contributed by atoms with Gasteiger partial charge in [-0.1, -0.05) is 0 Å². The second kappa shape index (κ2) is 3.88. The maximum absolute atomic E-state index is 4.66. The number of aromatic nitrogens is 2. The lowest BCUT2D eigenvalue weighted by atomic mass is 9.47. The minimum absolute atomic E-state index is 0.553. The zero-order valence-electron chi connectivity index (χ0n) is 12.4. The van der Waals surface area contributed by atoms with E-state index in [1.807, 2.05) is 6.33 Å². The Morgan fingerprint density at radius 3 is 2.45 bits per heavy atom. The Morgan fingerprint density at radius 2 is 1.80 bits per heavy atom. The second-order valence-electron chi connectivity index (χ2n) is 8.10. The van der Waals surface area contributed by atoms with Gasteiger partial charge in [0.05, 0.1) is 23.8 Å². The van der Waals surface area contributed by atoms with Gasteiger partial charge in [0.15, 0.2) is 0 Å². The Labute approximate surface area is 121 Å². The van der Waals surface area contributed by atoms with Gasteiger partial charge in [-0.25, -0.2) is 4.98 Å². The summed E-state index contributed by atoms with van der Waals surface area (Å²) in [7, 11) is 2.19. The molecule has 6 rings (SSSR count). The molecule has 3 nitrogen and oxygen atoms in total. The zero-order chi connectivity index (χ0) is 13.3. The molecule has 4 fully saturated rings. The molecule has 0 radical (unpaired) electrons. The molecule has 1 N–H and O–H groups in total. The number of nitrogens with zero attached hydrogens (tertiary/aromatic N) is 2. The van der Waals surface area contributed by atoms with Crippen molar-refractivity contribution in [1.29, 1.82) is 0 Å². The van der Waals surface area contributed by atoms with E-state index >= 15 is 0 Å². The van der Waals surface area contributed by atoms with Gasteiger partial charge in [0.1, 0.15) is 0 Å². The molecule has 1 atom stereocenters. The van der Waals surface area contributed by atoms with Crippen LogP contribution in [-0.2, 0) is 13.5 Å². The van der Waals surface area contributed by atoms with Crippen LogP contribution >= 0.6 is 0 Å². The first-order chi connectivity index (χ1) is 9.73. The van der Waals surface area contributed by atoms with Crippen LogP contribution in [0.1, 0.15) is 56.0 Å². The number of fused-ring (bicyclic) bond motifs is 1. The summed E-state index contributed by atoms with van der Waals surface area (Å²) in [5.74, 6) is 3.09. The van der Waals surface area contributed by atoms with E-state index in [2.05, 4.69) is 21.9 Å². The molecule has 3 heteroatoms. The lowest BCUT2D eigenvalue weighted by Gasteiger charge is -2.60. The SMILES string of the molecule is Cn1cnc2c1C(C13CC4CC(CC(C4)C1)C3)NCC2. The standard InChI is InChI=1S/C17H25N3/c1-20-10-19-14-2-3-18-16(15(14)20)17-7-11-4-12(8-17)6-13(5-11)9-17/h10-13,16,18H,2-9H2,1H3. The molecule has 108 valence electrons. The van der Waals surface area contributed by atoms with Crippen molar-refractivity contribution in [3.05, 3.63) is 17.7 Å². The Morgan fingerprint density at radius 1 is 1.15 bits per heavy atom. The summed E-state index contributed by atoms with van der Waals surface area (Å²) >= 11 is 0. The number of aryl methyl sites for hydroxylation is 1. The van der Waals surface area contributed by atoms with Crippen LogP contribution in [0.2, 0.25) is 0 Å². The molecule has 2 heterocycles. The molecule has 4 saturated carbocycles. The van der Waals surface area contributed by atoms with Crippen molar-refractivity contribution in [1.82, 2.24) is 14.9 Å². The number of rotatable bonds is 1. The Kier molecular flexibility index (Phi) is 2.29. The third-order valence-electron chi connectivity index (χ3n) is 6.74. The van der Waals surface area contributed by atoms with Crippen molar-refractivity contribution in [3.8, 4) is 0 Å². The van der Waals surface area contributed by atoms with E-state index in [-0.39, 0.29) is 0 Å². The molecule has 0 aromatic carbocycles. The monoisotopic (exact) mass is 271 g/mol. The fraction of sp³-hybridized carbons (Fsp3) is 0.824. The Balaban J connectivity index is 1.59. The van der Waals surface area contributed by atoms with Crippen LogP contribution < -0.4 is 5.32 Å². The van der Waals surface area contributed by atoms with E-state index < -0.39 is 0 Å². The molecular formula is C17H25N3. The number of nitrogens with one attached hydrogen (secondary N) is 1. The van der Waals surface area contributed by atoms with Crippen LogP contribution in [0.15, 0.2) is 6.33 Å². The Bertz CT molecular complexity index is 509. The number of hydrogen-bond donors (Lipinski definition) is 1. The van der Waals surface area contributed by atoms with Crippen molar-refractivity contribution >= 4 is 0 Å². The average molecular weight is 271 g/mol. The van der Waals surface area contributed by atoms with E-state index in [9.17, 15) is 0 Å². The van der Waals surface area contributed by atoms with E-state index in [1.54, 1.807) is 0 Å². The van der Waals surface area contributed by atoms with Crippen LogP contribution in [0.5, 0.6) is 0 Å². The molecule has 1 aromatic heterocycles. The van der Waals surface area contributed by atoms with Gasteiger partial charge in [0, 0.05) is 20.0 Å². The van der Waals surface area contributed by atoms with Gasteiger partial charge < -0.3 is 9.88 Å². The molecule has 5 aliphatic rings. The highest BCUT2D eigenvalue weighted by Crippen LogP contribution is 2.64. The molecular weight excluding hydrogens is 246 g/mol. The molecule has 1 unspecified atom stereocenters. The molecule has 0 saturated heterocycles. The van der Waals surface area contributed by atoms with Crippen LogP contribution in [0, 0.1) is 23.2 Å². The molecule has 4 aliphatic carbocycles. The highest BCUT2D eigenvalue weighted by Gasteiger charge is 2.55. The minimum Gasteiger partial charge on any atom is -0.336 e. The third-order valence-corrected chi connectivity index (χ3v) is 6.74. The normalized spacial score (nSPS) is 45.6. The molecule has 1 aromatic rings. The van der Waals surface area contributed by atoms with E-state index in [4.69, 9.17) is 0 Å².